The highest BCUT2D eigenvalue weighted by Crippen LogP contribution is 2.38. The van der Waals surface area contributed by atoms with Gasteiger partial charge in [-0.25, -0.2) is 4.98 Å². The number of benzene rings is 2. The number of piperidine rings is 1. The van der Waals surface area contributed by atoms with Crippen LogP contribution in [0.15, 0.2) is 54.7 Å². The predicted molar refractivity (Wildman–Crippen MR) is 125 cm³/mol. The van der Waals surface area contributed by atoms with Gasteiger partial charge < -0.3 is 20.0 Å². The van der Waals surface area contributed by atoms with E-state index in [-0.39, 0.29) is 5.91 Å². The molecule has 1 amide bonds. The third-order valence-corrected chi connectivity index (χ3v) is 6.07. The van der Waals surface area contributed by atoms with E-state index >= 15 is 0 Å². The monoisotopic (exact) mass is 414 g/mol. The standard InChI is InChI=1S/C24H26N6O/c1-28-20-9-5-4-8-19(20)23(31)29(2)21-16-25-24(27-22(21)28)26-17-10-12-18(13-11-17)30-14-6-3-7-15-30/h4-5,8-13,16H,3,6-7,14-15H2,1-2H3,(H,25,26,27). The average molecular weight is 415 g/mol. The van der Waals surface area contributed by atoms with E-state index in [1.807, 2.05) is 36.2 Å². The van der Waals surface area contributed by atoms with Crippen LogP contribution in [0.4, 0.5) is 34.5 Å². The molecule has 0 unspecified atom stereocenters. The van der Waals surface area contributed by atoms with Gasteiger partial charge in [-0.15, -0.1) is 0 Å². The van der Waals surface area contributed by atoms with Crippen LogP contribution in [-0.4, -0.2) is 43.1 Å². The number of rotatable bonds is 3. The number of para-hydroxylation sites is 1. The van der Waals surface area contributed by atoms with Crippen LogP contribution in [0.5, 0.6) is 0 Å². The molecule has 3 aromatic rings. The van der Waals surface area contributed by atoms with Crippen LogP contribution < -0.4 is 20.0 Å². The summed E-state index contributed by atoms with van der Waals surface area (Å²) < 4.78 is 0. The Labute approximate surface area is 182 Å². The van der Waals surface area contributed by atoms with Crippen molar-refractivity contribution < 1.29 is 4.79 Å². The smallest absolute Gasteiger partial charge is 0.260 e. The topological polar surface area (TPSA) is 64.6 Å². The van der Waals surface area contributed by atoms with Crippen molar-refractivity contribution in [3.8, 4) is 0 Å². The largest absolute Gasteiger partial charge is 0.372 e. The fraction of sp³-hybridized carbons (Fsp3) is 0.292. The van der Waals surface area contributed by atoms with Crippen molar-refractivity contribution in [1.82, 2.24) is 9.97 Å². The van der Waals surface area contributed by atoms with Gasteiger partial charge in [-0.2, -0.15) is 4.98 Å². The van der Waals surface area contributed by atoms with Gasteiger partial charge in [0, 0.05) is 38.6 Å². The summed E-state index contributed by atoms with van der Waals surface area (Å²) in [4.78, 5) is 28.1. The highest BCUT2D eigenvalue weighted by atomic mass is 16.2. The van der Waals surface area contributed by atoms with E-state index in [0.717, 1.165) is 24.5 Å². The van der Waals surface area contributed by atoms with Gasteiger partial charge in [0.25, 0.3) is 5.91 Å². The predicted octanol–water partition coefficient (Wildman–Crippen LogP) is 4.57. The lowest BCUT2D eigenvalue weighted by atomic mass is 10.1. The lowest BCUT2D eigenvalue weighted by Crippen LogP contribution is -2.29. The zero-order chi connectivity index (χ0) is 21.4. The highest BCUT2D eigenvalue weighted by Gasteiger charge is 2.28. The average Bonchev–Trinajstić information content (AvgIpc) is 2.90. The number of nitrogens with zero attached hydrogens (tertiary/aromatic N) is 5. The maximum absolute atomic E-state index is 12.9. The second kappa shape index (κ2) is 7.91. The van der Waals surface area contributed by atoms with Crippen molar-refractivity contribution in [3.05, 3.63) is 60.3 Å². The molecule has 1 fully saturated rings. The third kappa shape index (κ3) is 3.56. The van der Waals surface area contributed by atoms with E-state index in [2.05, 4.69) is 39.5 Å². The van der Waals surface area contributed by atoms with E-state index in [1.54, 1.807) is 18.1 Å². The number of amides is 1. The van der Waals surface area contributed by atoms with Crippen LogP contribution in [0.3, 0.4) is 0 Å². The number of hydrogen-bond acceptors (Lipinski definition) is 6. The molecule has 1 aromatic heterocycles. The maximum Gasteiger partial charge on any atom is 0.260 e. The number of carbonyl (C=O) groups is 1. The van der Waals surface area contributed by atoms with Crippen molar-refractivity contribution in [3.63, 3.8) is 0 Å². The Morgan fingerprint density at radius 1 is 0.871 bits per heavy atom. The first-order valence-electron chi connectivity index (χ1n) is 10.7. The highest BCUT2D eigenvalue weighted by molar-refractivity contribution is 6.13. The van der Waals surface area contributed by atoms with E-state index in [1.165, 1.54) is 24.9 Å². The molecule has 3 heterocycles. The molecule has 2 aliphatic rings. The summed E-state index contributed by atoms with van der Waals surface area (Å²) in [6.07, 6.45) is 5.55. The fourth-order valence-electron chi connectivity index (χ4n) is 4.30. The number of carbonyl (C=O) groups excluding carboxylic acids is 1. The van der Waals surface area contributed by atoms with Gasteiger partial charge in [0.05, 0.1) is 17.4 Å². The Hall–Kier alpha value is -3.61. The van der Waals surface area contributed by atoms with Crippen molar-refractivity contribution >= 4 is 40.4 Å². The van der Waals surface area contributed by atoms with Crippen molar-refractivity contribution in [2.24, 2.45) is 0 Å². The SMILES string of the molecule is CN1C(=O)c2ccccc2N(C)c2nc(Nc3ccc(N4CCCCC4)cc3)ncc21. The molecule has 0 atom stereocenters. The van der Waals surface area contributed by atoms with Crippen molar-refractivity contribution in [2.75, 3.05) is 47.2 Å². The van der Waals surface area contributed by atoms with Crippen LogP contribution in [0.25, 0.3) is 0 Å². The Morgan fingerprint density at radius 2 is 1.61 bits per heavy atom. The summed E-state index contributed by atoms with van der Waals surface area (Å²) in [6.45, 7) is 2.25. The minimum absolute atomic E-state index is 0.0705. The summed E-state index contributed by atoms with van der Waals surface area (Å²) in [6, 6.07) is 16.0. The molecule has 0 aliphatic carbocycles. The summed E-state index contributed by atoms with van der Waals surface area (Å²) in [5.41, 5.74) is 4.34. The van der Waals surface area contributed by atoms with Gasteiger partial charge in [-0.3, -0.25) is 4.79 Å². The Kier molecular flexibility index (Phi) is 4.94. The minimum Gasteiger partial charge on any atom is -0.372 e. The van der Waals surface area contributed by atoms with Gasteiger partial charge in [0.1, 0.15) is 5.69 Å². The van der Waals surface area contributed by atoms with Crippen molar-refractivity contribution in [2.45, 2.75) is 19.3 Å². The summed E-state index contributed by atoms with van der Waals surface area (Å²) >= 11 is 0. The van der Waals surface area contributed by atoms with E-state index < -0.39 is 0 Å². The fourth-order valence-corrected chi connectivity index (χ4v) is 4.30. The molecular weight excluding hydrogens is 388 g/mol. The number of anilines is 6. The molecule has 2 aliphatic heterocycles. The molecule has 0 bridgehead atoms. The van der Waals surface area contributed by atoms with Gasteiger partial charge >= 0.3 is 0 Å². The lowest BCUT2D eigenvalue weighted by molar-refractivity contribution is 0.0994. The first-order chi connectivity index (χ1) is 15.1. The summed E-state index contributed by atoms with van der Waals surface area (Å²) in [5, 5.41) is 3.30. The van der Waals surface area contributed by atoms with E-state index in [4.69, 9.17) is 4.98 Å². The Balaban J connectivity index is 1.42. The Morgan fingerprint density at radius 3 is 2.39 bits per heavy atom. The molecule has 31 heavy (non-hydrogen) atoms. The van der Waals surface area contributed by atoms with Gasteiger partial charge in [-0.05, 0) is 55.7 Å². The number of hydrogen-bond donors (Lipinski definition) is 1. The molecule has 2 aromatic carbocycles. The van der Waals surface area contributed by atoms with E-state index in [0.29, 0.717) is 23.0 Å². The molecular formula is C24H26N6O. The number of aromatic nitrogens is 2. The molecule has 1 saturated heterocycles. The first-order valence-corrected chi connectivity index (χ1v) is 10.7. The molecule has 0 radical (unpaired) electrons. The van der Waals surface area contributed by atoms with Gasteiger partial charge in [0.15, 0.2) is 5.82 Å². The molecule has 0 spiro atoms. The summed E-state index contributed by atoms with van der Waals surface area (Å²) in [5.74, 6) is 1.11. The van der Waals surface area contributed by atoms with Gasteiger partial charge in [-0.1, -0.05) is 12.1 Å². The van der Waals surface area contributed by atoms with Gasteiger partial charge in [0.2, 0.25) is 5.95 Å². The van der Waals surface area contributed by atoms with Crippen LogP contribution in [-0.2, 0) is 0 Å². The molecule has 0 saturated carbocycles. The molecule has 158 valence electrons. The summed E-state index contributed by atoms with van der Waals surface area (Å²) in [7, 11) is 3.68. The second-order valence-electron chi connectivity index (χ2n) is 8.06. The molecule has 1 N–H and O–H groups in total. The minimum atomic E-state index is -0.0705. The molecule has 7 nitrogen and oxygen atoms in total. The van der Waals surface area contributed by atoms with Crippen LogP contribution in [0.2, 0.25) is 0 Å². The zero-order valence-corrected chi connectivity index (χ0v) is 17.9. The quantitative estimate of drug-likeness (QED) is 0.677. The van der Waals surface area contributed by atoms with Crippen LogP contribution in [0.1, 0.15) is 29.6 Å². The maximum atomic E-state index is 12.9. The molecule has 5 rings (SSSR count). The second-order valence-corrected chi connectivity index (χ2v) is 8.06. The van der Waals surface area contributed by atoms with Crippen molar-refractivity contribution in [1.29, 1.82) is 0 Å². The Bertz CT molecular complexity index is 1110. The normalized spacial score (nSPS) is 15.9. The van der Waals surface area contributed by atoms with Crippen LogP contribution in [0, 0.1) is 0 Å². The lowest BCUT2D eigenvalue weighted by Gasteiger charge is -2.28. The molecule has 7 heteroatoms. The zero-order valence-electron chi connectivity index (χ0n) is 17.9. The third-order valence-electron chi connectivity index (χ3n) is 6.07. The van der Waals surface area contributed by atoms with Crippen LogP contribution >= 0.6 is 0 Å². The number of fused-ring (bicyclic) bond motifs is 2. The first kappa shape index (κ1) is 19.4. The van der Waals surface area contributed by atoms with E-state index in [9.17, 15) is 4.79 Å². The number of nitrogens with one attached hydrogen (secondary N) is 1.